The van der Waals surface area contributed by atoms with E-state index in [0.29, 0.717) is 13.0 Å². The zero-order valence-corrected chi connectivity index (χ0v) is 13.7. The molecule has 0 saturated heterocycles. The molecular formula is C19H22ClNO. The van der Waals surface area contributed by atoms with Crippen molar-refractivity contribution in [3.05, 3.63) is 70.7 Å². The third-order valence-corrected chi connectivity index (χ3v) is 3.81. The van der Waals surface area contributed by atoms with Crippen molar-refractivity contribution >= 4 is 17.5 Å². The summed E-state index contributed by atoms with van der Waals surface area (Å²) >= 11 is 5.98. The van der Waals surface area contributed by atoms with E-state index in [2.05, 4.69) is 19.1 Å². The van der Waals surface area contributed by atoms with Gasteiger partial charge in [-0.25, -0.2) is 0 Å². The van der Waals surface area contributed by atoms with Gasteiger partial charge in [0, 0.05) is 24.5 Å². The van der Waals surface area contributed by atoms with Gasteiger partial charge in [0.1, 0.15) is 0 Å². The van der Waals surface area contributed by atoms with Gasteiger partial charge in [0.05, 0.1) is 0 Å². The van der Waals surface area contributed by atoms with Crippen LogP contribution in [0.15, 0.2) is 54.6 Å². The molecule has 0 unspecified atom stereocenters. The van der Waals surface area contributed by atoms with E-state index in [1.807, 2.05) is 47.4 Å². The molecule has 22 heavy (non-hydrogen) atoms. The van der Waals surface area contributed by atoms with Crippen molar-refractivity contribution < 1.29 is 4.79 Å². The Morgan fingerprint density at radius 1 is 1.05 bits per heavy atom. The second-order valence-electron chi connectivity index (χ2n) is 5.43. The van der Waals surface area contributed by atoms with Gasteiger partial charge in [0.25, 0.3) is 0 Å². The molecular weight excluding hydrogens is 294 g/mol. The Morgan fingerprint density at radius 2 is 1.77 bits per heavy atom. The van der Waals surface area contributed by atoms with Crippen LogP contribution in [0.25, 0.3) is 0 Å². The number of halogens is 1. The average Bonchev–Trinajstić information content (AvgIpc) is 2.53. The number of aryl methyl sites for hydroxylation is 1. The lowest BCUT2D eigenvalue weighted by molar-refractivity contribution is -0.131. The monoisotopic (exact) mass is 315 g/mol. The highest BCUT2D eigenvalue weighted by atomic mass is 35.5. The van der Waals surface area contributed by atoms with Crippen molar-refractivity contribution in [3.63, 3.8) is 0 Å². The van der Waals surface area contributed by atoms with Gasteiger partial charge < -0.3 is 4.90 Å². The molecule has 0 fully saturated rings. The molecule has 0 radical (unpaired) electrons. The van der Waals surface area contributed by atoms with Crippen molar-refractivity contribution in [2.45, 2.75) is 32.7 Å². The van der Waals surface area contributed by atoms with Crippen molar-refractivity contribution in [2.24, 2.45) is 0 Å². The van der Waals surface area contributed by atoms with Gasteiger partial charge >= 0.3 is 0 Å². The number of rotatable bonds is 7. The summed E-state index contributed by atoms with van der Waals surface area (Å²) in [7, 11) is 0. The summed E-state index contributed by atoms with van der Waals surface area (Å²) in [6, 6.07) is 17.9. The zero-order chi connectivity index (χ0) is 15.8. The van der Waals surface area contributed by atoms with Gasteiger partial charge in [0.15, 0.2) is 0 Å². The summed E-state index contributed by atoms with van der Waals surface area (Å²) in [6.07, 6.45) is 2.22. The highest BCUT2D eigenvalue weighted by Crippen LogP contribution is 2.14. The fourth-order valence-electron chi connectivity index (χ4n) is 2.47. The van der Waals surface area contributed by atoms with Crippen LogP contribution in [0.5, 0.6) is 0 Å². The van der Waals surface area contributed by atoms with Gasteiger partial charge in [-0.3, -0.25) is 4.79 Å². The quantitative estimate of drug-likeness (QED) is 0.724. The lowest BCUT2D eigenvalue weighted by Crippen LogP contribution is -2.31. The maximum Gasteiger partial charge on any atom is 0.223 e. The molecule has 1 amide bonds. The fourth-order valence-corrected chi connectivity index (χ4v) is 2.68. The van der Waals surface area contributed by atoms with E-state index in [-0.39, 0.29) is 5.91 Å². The van der Waals surface area contributed by atoms with Crippen molar-refractivity contribution in [1.29, 1.82) is 0 Å². The molecule has 0 aliphatic heterocycles. The molecule has 2 aromatic carbocycles. The number of nitrogens with zero attached hydrogens (tertiary/aromatic N) is 1. The minimum atomic E-state index is 0.200. The van der Waals surface area contributed by atoms with Crippen LogP contribution in [-0.4, -0.2) is 17.4 Å². The maximum atomic E-state index is 12.5. The van der Waals surface area contributed by atoms with Gasteiger partial charge in [0.2, 0.25) is 5.91 Å². The Hall–Kier alpha value is -1.80. The van der Waals surface area contributed by atoms with Gasteiger partial charge in [-0.05, 0) is 36.1 Å². The van der Waals surface area contributed by atoms with Crippen LogP contribution in [0, 0.1) is 0 Å². The minimum Gasteiger partial charge on any atom is -0.338 e. The molecule has 2 aromatic rings. The number of benzene rings is 2. The van der Waals surface area contributed by atoms with Crippen molar-refractivity contribution in [2.75, 3.05) is 6.54 Å². The van der Waals surface area contributed by atoms with Gasteiger partial charge in [-0.2, -0.15) is 0 Å². The molecule has 0 atom stereocenters. The Labute approximate surface area is 137 Å². The van der Waals surface area contributed by atoms with Crippen LogP contribution in [0.4, 0.5) is 0 Å². The normalized spacial score (nSPS) is 10.5. The molecule has 0 bridgehead atoms. The summed E-state index contributed by atoms with van der Waals surface area (Å²) in [6.45, 7) is 3.58. The van der Waals surface area contributed by atoms with Crippen LogP contribution in [0.2, 0.25) is 5.02 Å². The smallest absolute Gasteiger partial charge is 0.223 e. The number of carbonyl (C=O) groups excluding carboxylic acids is 1. The topological polar surface area (TPSA) is 20.3 Å². The molecule has 0 spiro atoms. The Kier molecular flexibility index (Phi) is 6.47. The highest BCUT2D eigenvalue weighted by Gasteiger charge is 2.13. The molecule has 116 valence electrons. The first-order chi connectivity index (χ1) is 10.7. The second kappa shape index (κ2) is 8.60. The van der Waals surface area contributed by atoms with Crippen LogP contribution in [0.3, 0.4) is 0 Å². The number of amides is 1. The first-order valence-electron chi connectivity index (χ1n) is 7.75. The van der Waals surface area contributed by atoms with Crippen LogP contribution in [-0.2, 0) is 17.8 Å². The van der Waals surface area contributed by atoms with Crippen LogP contribution >= 0.6 is 11.6 Å². The lowest BCUT2D eigenvalue weighted by Gasteiger charge is -2.22. The lowest BCUT2D eigenvalue weighted by atomic mass is 10.1. The minimum absolute atomic E-state index is 0.200. The molecule has 0 aliphatic rings. The third kappa shape index (κ3) is 5.19. The van der Waals surface area contributed by atoms with Crippen molar-refractivity contribution in [3.8, 4) is 0 Å². The maximum absolute atomic E-state index is 12.5. The molecule has 0 N–H and O–H groups in total. The molecule has 0 aromatic heterocycles. The van der Waals surface area contributed by atoms with E-state index < -0.39 is 0 Å². The zero-order valence-electron chi connectivity index (χ0n) is 13.0. The van der Waals surface area contributed by atoms with E-state index >= 15 is 0 Å². The summed E-state index contributed by atoms with van der Waals surface area (Å²) in [5.74, 6) is 0.200. The standard InChI is InChI=1S/C19H22ClNO/c1-2-13-21(15-17-7-4-3-5-8-17)19(22)12-11-16-9-6-10-18(20)14-16/h3-10,14H,2,11-13,15H2,1H3. The van der Waals surface area contributed by atoms with E-state index in [4.69, 9.17) is 11.6 Å². The molecule has 0 saturated carbocycles. The van der Waals surface area contributed by atoms with E-state index in [1.165, 1.54) is 5.56 Å². The van der Waals surface area contributed by atoms with E-state index in [9.17, 15) is 4.79 Å². The van der Waals surface area contributed by atoms with Gasteiger partial charge in [-0.1, -0.05) is 61.0 Å². The summed E-state index contributed by atoms with van der Waals surface area (Å²) in [5.41, 5.74) is 2.28. The number of hydrogen-bond acceptors (Lipinski definition) is 1. The largest absolute Gasteiger partial charge is 0.338 e. The SMILES string of the molecule is CCCN(Cc1ccccc1)C(=O)CCc1cccc(Cl)c1. The highest BCUT2D eigenvalue weighted by molar-refractivity contribution is 6.30. The summed E-state index contributed by atoms with van der Waals surface area (Å²) < 4.78 is 0. The molecule has 2 nitrogen and oxygen atoms in total. The summed E-state index contributed by atoms with van der Waals surface area (Å²) in [5, 5.41) is 0.722. The van der Waals surface area contributed by atoms with E-state index in [1.54, 1.807) is 0 Å². The Balaban J connectivity index is 1.94. The predicted molar refractivity (Wildman–Crippen MR) is 91.9 cm³/mol. The Bertz CT molecular complexity index is 597. The first-order valence-corrected chi connectivity index (χ1v) is 8.13. The third-order valence-electron chi connectivity index (χ3n) is 3.58. The fraction of sp³-hybridized carbons (Fsp3) is 0.316. The van der Waals surface area contributed by atoms with Crippen molar-refractivity contribution in [1.82, 2.24) is 4.90 Å². The van der Waals surface area contributed by atoms with E-state index in [0.717, 1.165) is 30.0 Å². The molecule has 0 heterocycles. The number of hydrogen-bond donors (Lipinski definition) is 0. The predicted octanol–water partition coefficient (Wildman–Crippen LogP) is 4.71. The molecule has 3 heteroatoms. The summed E-state index contributed by atoms with van der Waals surface area (Å²) in [4.78, 5) is 14.4. The van der Waals surface area contributed by atoms with Gasteiger partial charge in [-0.15, -0.1) is 0 Å². The average molecular weight is 316 g/mol. The van der Waals surface area contributed by atoms with Crippen LogP contribution < -0.4 is 0 Å². The first kappa shape index (κ1) is 16.6. The second-order valence-corrected chi connectivity index (χ2v) is 5.87. The molecule has 0 aliphatic carbocycles. The Morgan fingerprint density at radius 3 is 2.45 bits per heavy atom. The van der Waals surface area contributed by atoms with Crippen LogP contribution in [0.1, 0.15) is 30.9 Å². The number of carbonyl (C=O) groups is 1. The molecule has 2 rings (SSSR count).